The first-order chi connectivity index (χ1) is 17.9. The molecule has 1 amide bonds. The van der Waals surface area contributed by atoms with Crippen LogP contribution in [0.3, 0.4) is 0 Å². The molecule has 0 spiro atoms. The standard InChI is InChI=1S/C26H26N4O8/c1-30(2)19-14-7-10-6-13-12(11-8-28-25(38-3)29-9-11)4-5-15(31)17(13)20(32)16(10)22(34)26(14,37)23(35)18(21(19)33)24(27)36/h4-5,8-10,14,16,18-19,31,37H,6-7H2,1-3H3,(H2,27,36)/t10-,14-,16?,18?,19-,26-/m0/s1. The zero-order valence-electron chi connectivity index (χ0n) is 20.9. The van der Waals surface area contributed by atoms with Crippen molar-refractivity contribution >= 4 is 29.0 Å². The number of aromatic hydroxyl groups is 1. The maximum Gasteiger partial charge on any atom is 0.316 e. The van der Waals surface area contributed by atoms with Gasteiger partial charge in [0.05, 0.1) is 24.6 Å². The molecule has 6 atom stereocenters. The molecule has 3 aliphatic carbocycles. The number of aromatic nitrogens is 2. The third-order valence-corrected chi connectivity index (χ3v) is 8.07. The van der Waals surface area contributed by atoms with E-state index in [1.54, 1.807) is 6.07 Å². The Morgan fingerprint density at radius 1 is 1.13 bits per heavy atom. The Morgan fingerprint density at radius 2 is 1.79 bits per heavy atom. The average Bonchev–Trinajstić information content (AvgIpc) is 2.86. The minimum absolute atomic E-state index is 0.0297. The lowest BCUT2D eigenvalue weighted by Gasteiger charge is -2.52. The second-order valence-corrected chi connectivity index (χ2v) is 10.2. The Labute approximate surface area is 216 Å². The van der Waals surface area contributed by atoms with E-state index in [0.29, 0.717) is 16.7 Å². The summed E-state index contributed by atoms with van der Waals surface area (Å²) in [5, 5.41) is 22.3. The second-order valence-electron chi connectivity index (χ2n) is 10.2. The summed E-state index contributed by atoms with van der Waals surface area (Å²) >= 11 is 0. The molecule has 2 aromatic rings. The molecule has 5 rings (SSSR count). The smallest absolute Gasteiger partial charge is 0.316 e. The van der Waals surface area contributed by atoms with E-state index in [2.05, 4.69) is 9.97 Å². The van der Waals surface area contributed by atoms with Gasteiger partial charge in [-0.2, -0.15) is 0 Å². The van der Waals surface area contributed by atoms with Gasteiger partial charge in [-0.3, -0.25) is 28.9 Å². The van der Waals surface area contributed by atoms with E-state index in [9.17, 15) is 34.2 Å². The van der Waals surface area contributed by atoms with Crippen LogP contribution in [0.4, 0.5) is 0 Å². The number of carbonyl (C=O) groups is 5. The van der Waals surface area contributed by atoms with E-state index in [1.165, 1.54) is 44.6 Å². The summed E-state index contributed by atoms with van der Waals surface area (Å²) in [6.45, 7) is 0. The topological polar surface area (TPSA) is 190 Å². The number of aliphatic hydroxyl groups is 1. The summed E-state index contributed by atoms with van der Waals surface area (Å²) < 4.78 is 5.00. The number of benzene rings is 1. The van der Waals surface area contributed by atoms with Crippen molar-refractivity contribution < 1.29 is 38.9 Å². The highest BCUT2D eigenvalue weighted by Gasteiger charge is 2.69. The predicted octanol–water partition coefficient (Wildman–Crippen LogP) is -0.667. The number of rotatable bonds is 4. The van der Waals surface area contributed by atoms with Crippen LogP contribution in [0.1, 0.15) is 22.3 Å². The second kappa shape index (κ2) is 8.77. The van der Waals surface area contributed by atoms with Crippen LogP contribution in [0, 0.1) is 23.7 Å². The maximum atomic E-state index is 13.8. The van der Waals surface area contributed by atoms with Crippen molar-refractivity contribution in [1.29, 1.82) is 0 Å². The first kappa shape index (κ1) is 25.6. The molecular formula is C26H26N4O8. The molecule has 3 aliphatic rings. The Bertz CT molecular complexity index is 1400. The number of phenolic OH excluding ortho intramolecular Hbond substituents is 1. The number of nitrogens with two attached hydrogens (primary N) is 1. The molecule has 12 nitrogen and oxygen atoms in total. The number of nitrogens with zero attached hydrogens (tertiary/aromatic N) is 3. The van der Waals surface area contributed by atoms with Crippen LogP contribution < -0.4 is 10.5 Å². The maximum absolute atomic E-state index is 13.8. The average molecular weight is 523 g/mol. The fraction of sp³-hybridized carbons (Fsp3) is 0.423. The van der Waals surface area contributed by atoms with E-state index in [0.717, 1.165) is 0 Å². The lowest BCUT2D eigenvalue weighted by molar-refractivity contribution is -0.181. The summed E-state index contributed by atoms with van der Waals surface area (Å²) in [4.78, 5) is 75.8. The number of ketones is 4. The van der Waals surface area contributed by atoms with Gasteiger partial charge in [-0.25, -0.2) is 9.97 Å². The summed E-state index contributed by atoms with van der Waals surface area (Å²) in [5.41, 5.74) is 4.06. The molecule has 2 unspecified atom stereocenters. The van der Waals surface area contributed by atoms with Gasteiger partial charge in [0.15, 0.2) is 34.7 Å². The molecule has 198 valence electrons. The van der Waals surface area contributed by atoms with Crippen molar-refractivity contribution in [2.45, 2.75) is 24.5 Å². The van der Waals surface area contributed by atoms with E-state index in [4.69, 9.17) is 10.5 Å². The number of amides is 1. The largest absolute Gasteiger partial charge is 0.507 e. The Balaban J connectivity index is 1.64. The number of methoxy groups -OCH3 is 1. The quantitative estimate of drug-likeness (QED) is 0.432. The van der Waals surface area contributed by atoms with Crippen molar-refractivity contribution in [3.8, 4) is 22.9 Å². The SMILES string of the molecule is COc1ncc(-c2ccc(O)c3c2C[C@H]2C[C@H]4[C@H](N(C)C)C(=O)C(C(N)=O)C(=O)[C@@]4(O)C(=O)C2C3=O)cn1. The molecule has 0 radical (unpaired) electrons. The van der Waals surface area contributed by atoms with Gasteiger partial charge >= 0.3 is 6.01 Å². The van der Waals surface area contributed by atoms with Gasteiger partial charge in [-0.15, -0.1) is 0 Å². The van der Waals surface area contributed by atoms with Crippen LogP contribution in [0.25, 0.3) is 11.1 Å². The van der Waals surface area contributed by atoms with Gasteiger partial charge in [0, 0.05) is 23.9 Å². The number of hydrogen-bond donors (Lipinski definition) is 3. The molecular weight excluding hydrogens is 496 g/mol. The number of fused-ring (bicyclic) bond motifs is 3. The third kappa shape index (κ3) is 3.40. The molecule has 0 saturated heterocycles. The lowest BCUT2D eigenvalue weighted by atomic mass is 9.52. The highest BCUT2D eigenvalue weighted by atomic mass is 16.5. The molecule has 0 bridgehead atoms. The predicted molar refractivity (Wildman–Crippen MR) is 129 cm³/mol. The molecule has 2 fully saturated rings. The summed E-state index contributed by atoms with van der Waals surface area (Å²) in [6.07, 6.45) is 3.12. The molecule has 12 heteroatoms. The van der Waals surface area contributed by atoms with Crippen LogP contribution in [0.2, 0.25) is 0 Å². The first-order valence-electron chi connectivity index (χ1n) is 12.0. The number of likely N-dealkylation sites (N-methyl/N-ethyl adjacent to an activating group) is 1. The minimum atomic E-state index is -2.76. The number of Topliss-reactive ketones (excluding diaryl/α,β-unsaturated/α-hetero) is 4. The van der Waals surface area contributed by atoms with Crippen molar-refractivity contribution in [1.82, 2.24) is 14.9 Å². The van der Waals surface area contributed by atoms with Gasteiger partial charge in [0.25, 0.3) is 0 Å². The zero-order valence-corrected chi connectivity index (χ0v) is 20.9. The van der Waals surface area contributed by atoms with Gasteiger partial charge < -0.3 is 20.7 Å². The fourth-order valence-corrected chi connectivity index (χ4v) is 6.44. The third-order valence-electron chi connectivity index (χ3n) is 8.07. The number of carbonyl (C=O) groups excluding carboxylic acids is 5. The number of primary amides is 1. The fourth-order valence-electron chi connectivity index (χ4n) is 6.44. The van der Waals surface area contributed by atoms with E-state index in [-0.39, 0.29) is 30.2 Å². The van der Waals surface area contributed by atoms with Gasteiger partial charge in [0.1, 0.15) is 5.75 Å². The van der Waals surface area contributed by atoms with Gasteiger partial charge in [0.2, 0.25) is 5.91 Å². The summed E-state index contributed by atoms with van der Waals surface area (Å²) in [5.74, 6) is -10.9. The number of phenols is 1. The molecule has 38 heavy (non-hydrogen) atoms. The molecule has 1 aromatic carbocycles. The van der Waals surface area contributed by atoms with Crippen molar-refractivity contribution in [2.24, 2.45) is 29.4 Å². The first-order valence-corrected chi connectivity index (χ1v) is 12.0. The van der Waals surface area contributed by atoms with Crippen molar-refractivity contribution in [3.63, 3.8) is 0 Å². The lowest BCUT2D eigenvalue weighted by Crippen LogP contribution is -2.74. The van der Waals surface area contributed by atoms with Crippen LogP contribution in [0.5, 0.6) is 11.8 Å². The van der Waals surface area contributed by atoms with Crippen LogP contribution in [-0.2, 0) is 25.6 Å². The monoisotopic (exact) mass is 522 g/mol. The normalized spacial score (nSPS) is 30.5. The summed E-state index contributed by atoms with van der Waals surface area (Å²) in [7, 11) is 4.49. The van der Waals surface area contributed by atoms with E-state index in [1.807, 2.05) is 0 Å². The number of ether oxygens (including phenoxy) is 1. The summed E-state index contributed by atoms with van der Waals surface area (Å²) in [6, 6.07) is 1.92. The van der Waals surface area contributed by atoms with Crippen molar-refractivity contribution in [2.75, 3.05) is 21.2 Å². The van der Waals surface area contributed by atoms with Crippen molar-refractivity contribution in [3.05, 3.63) is 35.7 Å². The molecule has 0 aliphatic heterocycles. The van der Waals surface area contributed by atoms with Crippen LogP contribution >= 0.6 is 0 Å². The Hall–Kier alpha value is -4.03. The Morgan fingerprint density at radius 3 is 2.37 bits per heavy atom. The van der Waals surface area contributed by atoms with Crippen LogP contribution in [0.15, 0.2) is 24.5 Å². The van der Waals surface area contributed by atoms with Crippen LogP contribution in [-0.4, -0.2) is 87.0 Å². The van der Waals surface area contributed by atoms with Gasteiger partial charge in [-0.1, -0.05) is 6.07 Å². The zero-order chi connectivity index (χ0) is 27.7. The minimum Gasteiger partial charge on any atom is -0.507 e. The molecule has 1 aromatic heterocycles. The molecule has 1 heterocycles. The molecule has 2 saturated carbocycles. The molecule has 4 N–H and O–H groups in total. The van der Waals surface area contributed by atoms with Gasteiger partial charge in [-0.05, 0) is 50.0 Å². The number of hydrogen-bond acceptors (Lipinski definition) is 11. The Kier molecular flexibility index (Phi) is 5.91. The highest BCUT2D eigenvalue weighted by molar-refractivity contribution is 6.32. The highest BCUT2D eigenvalue weighted by Crippen LogP contribution is 2.51. The van der Waals surface area contributed by atoms with E-state index >= 15 is 0 Å². The van der Waals surface area contributed by atoms with E-state index < -0.39 is 64.4 Å².